The highest BCUT2D eigenvalue weighted by Gasteiger charge is 2.10. The lowest BCUT2D eigenvalue weighted by Gasteiger charge is -2.05. The first-order valence-corrected chi connectivity index (χ1v) is 8.91. The first kappa shape index (κ1) is 18.4. The van der Waals surface area contributed by atoms with Crippen molar-refractivity contribution in [1.82, 2.24) is 0 Å². The van der Waals surface area contributed by atoms with Crippen LogP contribution in [0.5, 0.6) is 0 Å². The second kappa shape index (κ2) is 8.79. The Morgan fingerprint density at radius 1 is 0.840 bits per heavy atom. The second-order valence-electron chi connectivity index (χ2n) is 4.83. The molecule has 0 amide bonds. The fourth-order valence-corrected chi connectivity index (χ4v) is 2.80. The van der Waals surface area contributed by atoms with Crippen LogP contribution in [0.3, 0.4) is 0 Å². The van der Waals surface area contributed by atoms with Gasteiger partial charge >= 0.3 is 11.9 Å². The molecule has 0 bridgehead atoms. The molecule has 130 valence electrons. The molecule has 2 rings (SSSR count). The summed E-state index contributed by atoms with van der Waals surface area (Å²) in [5, 5.41) is 0.778. The molecule has 0 unspecified atom stereocenters. The van der Waals surface area contributed by atoms with E-state index in [4.69, 9.17) is 9.47 Å². The Labute approximate surface area is 145 Å². The molecule has 0 spiro atoms. The lowest BCUT2D eigenvalue weighted by molar-refractivity contribution is -0.138. The maximum absolute atomic E-state index is 11.9. The van der Waals surface area contributed by atoms with Gasteiger partial charge in [-0.25, -0.2) is 18.0 Å². The largest absolute Gasteiger partial charge is 0.459 e. The van der Waals surface area contributed by atoms with Gasteiger partial charge in [0.15, 0.2) is 9.84 Å². The Hall–Kier alpha value is -2.93. The summed E-state index contributed by atoms with van der Waals surface area (Å²) in [5.41, 5.74) is 0.391. The molecule has 0 radical (unpaired) electrons. The normalized spacial score (nSPS) is 11.2. The van der Waals surface area contributed by atoms with Crippen LogP contribution in [0.1, 0.15) is 10.4 Å². The Balaban J connectivity index is 1.76. The van der Waals surface area contributed by atoms with Crippen molar-refractivity contribution >= 4 is 21.8 Å². The fourth-order valence-electron chi connectivity index (χ4n) is 1.82. The van der Waals surface area contributed by atoms with Crippen LogP contribution in [0.15, 0.2) is 77.0 Å². The van der Waals surface area contributed by atoms with Gasteiger partial charge in [0, 0.05) is 11.5 Å². The van der Waals surface area contributed by atoms with E-state index in [1.54, 1.807) is 48.5 Å². The molecule has 0 saturated heterocycles. The number of ether oxygens (including phenoxy) is 2. The first-order valence-electron chi connectivity index (χ1n) is 7.36. The summed E-state index contributed by atoms with van der Waals surface area (Å²) in [4.78, 5) is 23.2. The molecule has 0 aliphatic heterocycles. The van der Waals surface area contributed by atoms with Crippen molar-refractivity contribution in [3.8, 4) is 0 Å². The summed E-state index contributed by atoms with van der Waals surface area (Å²) in [5.74, 6) is -1.37. The van der Waals surface area contributed by atoms with E-state index in [1.807, 2.05) is 0 Å². The van der Waals surface area contributed by atoms with Crippen LogP contribution < -0.4 is 0 Å². The van der Waals surface area contributed by atoms with Crippen molar-refractivity contribution in [1.29, 1.82) is 0 Å². The predicted molar refractivity (Wildman–Crippen MR) is 90.5 cm³/mol. The van der Waals surface area contributed by atoms with Gasteiger partial charge in [-0.2, -0.15) is 0 Å². The molecule has 0 heterocycles. The Bertz CT molecular complexity index is 842. The third kappa shape index (κ3) is 5.89. The molecule has 0 fully saturated rings. The summed E-state index contributed by atoms with van der Waals surface area (Å²) in [6, 6.07) is 16.1. The number of hydrogen-bond acceptors (Lipinski definition) is 6. The third-order valence-corrected chi connectivity index (χ3v) is 4.45. The highest BCUT2D eigenvalue weighted by atomic mass is 32.2. The zero-order valence-electron chi connectivity index (χ0n) is 13.2. The summed E-state index contributed by atoms with van der Waals surface area (Å²) in [7, 11) is -3.70. The maximum Gasteiger partial charge on any atom is 0.338 e. The lowest BCUT2D eigenvalue weighted by Crippen LogP contribution is -2.13. The van der Waals surface area contributed by atoms with E-state index >= 15 is 0 Å². The van der Waals surface area contributed by atoms with Crippen LogP contribution in [0.4, 0.5) is 0 Å². The minimum Gasteiger partial charge on any atom is -0.459 e. The molecule has 0 N–H and O–H groups in total. The van der Waals surface area contributed by atoms with Crippen molar-refractivity contribution in [3.63, 3.8) is 0 Å². The number of hydrogen-bond donors (Lipinski definition) is 0. The monoisotopic (exact) mass is 360 g/mol. The van der Waals surface area contributed by atoms with Crippen LogP contribution in [-0.2, 0) is 24.1 Å². The van der Waals surface area contributed by atoms with E-state index in [-0.39, 0.29) is 18.1 Å². The summed E-state index contributed by atoms with van der Waals surface area (Å²) < 4.78 is 33.6. The first-order chi connectivity index (χ1) is 12.0. The maximum atomic E-state index is 11.9. The molecule has 0 saturated carbocycles. The van der Waals surface area contributed by atoms with Crippen LogP contribution in [0.25, 0.3) is 0 Å². The molecule has 7 heteroatoms. The van der Waals surface area contributed by atoms with Gasteiger partial charge in [0.05, 0.1) is 10.5 Å². The van der Waals surface area contributed by atoms with Crippen molar-refractivity contribution in [3.05, 3.63) is 77.7 Å². The van der Waals surface area contributed by atoms with Crippen molar-refractivity contribution in [2.45, 2.75) is 4.90 Å². The number of esters is 2. The average molecular weight is 360 g/mol. The fraction of sp³-hybridized carbons (Fsp3) is 0.111. The number of sulfone groups is 1. The van der Waals surface area contributed by atoms with Gasteiger partial charge in [-0.15, -0.1) is 0 Å². The standard InChI is InChI=1S/C18H16O6S/c19-17(11-14-25(21,22)16-9-5-2-6-10-16)23-12-13-24-18(20)15-7-3-1-4-8-15/h1-11,14H,12-13H2/b14-11+. The smallest absolute Gasteiger partial charge is 0.338 e. The molecule has 6 nitrogen and oxygen atoms in total. The van der Waals surface area contributed by atoms with E-state index in [1.165, 1.54) is 12.1 Å². The molecule has 2 aromatic carbocycles. The van der Waals surface area contributed by atoms with Gasteiger partial charge < -0.3 is 9.47 Å². The van der Waals surface area contributed by atoms with E-state index in [0.29, 0.717) is 5.56 Å². The van der Waals surface area contributed by atoms with Crippen LogP contribution in [-0.4, -0.2) is 33.6 Å². The lowest BCUT2D eigenvalue weighted by atomic mass is 10.2. The number of benzene rings is 2. The van der Waals surface area contributed by atoms with E-state index < -0.39 is 21.8 Å². The zero-order chi connectivity index (χ0) is 18.1. The summed E-state index contributed by atoms with van der Waals surface area (Å²) >= 11 is 0. The van der Waals surface area contributed by atoms with Gasteiger partial charge in [0.2, 0.25) is 0 Å². The predicted octanol–water partition coefficient (Wildman–Crippen LogP) is 2.37. The summed E-state index contributed by atoms with van der Waals surface area (Å²) in [6.45, 7) is -0.300. The Kier molecular flexibility index (Phi) is 6.47. The van der Waals surface area contributed by atoms with Crippen molar-refractivity contribution < 1.29 is 27.5 Å². The Morgan fingerprint density at radius 3 is 2.04 bits per heavy atom. The SMILES string of the molecule is O=C(/C=C/S(=O)(=O)c1ccccc1)OCCOC(=O)c1ccccc1. The molecule has 0 atom stereocenters. The molecule has 0 aromatic heterocycles. The number of carbonyl (C=O) groups is 2. The van der Waals surface area contributed by atoms with Gasteiger partial charge in [0.25, 0.3) is 0 Å². The van der Waals surface area contributed by atoms with Gasteiger partial charge in [-0.3, -0.25) is 0 Å². The van der Waals surface area contributed by atoms with Crippen LogP contribution >= 0.6 is 0 Å². The summed E-state index contributed by atoms with van der Waals surface area (Å²) in [6.07, 6.45) is 0.821. The number of carbonyl (C=O) groups excluding carboxylic acids is 2. The number of rotatable bonds is 7. The average Bonchev–Trinajstić information content (AvgIpc) is 2.65. The van der Waals surface area contributed by atoms with E-state index in [2.05, 4.69) is 0 Å². The van der Waals surface area contributed by atoms with Crippen LogP contribution in [0.2, 0.25) is 0 Å². The third-order valence-electron chi connectivity index (χ3n) is 3.03. The zero-order valence-corrected chi connectivity index (χ0v) is 14.0. The van der Waals surface area contributed by atoms with Crippen molar-refractivity contribution in [2.24, 2.45) is 0 Å². The molecule has 2 aromatic rings. The second-order valence-corrected chi connectivity index (χ2v) is 6.66. The molecular formula is C18H16O6S. The molecule has 0 aliphatic rings. The topological polar surface area (TPSA) is 86.7 Å². The van der Waals surface area contributed by atoms with E-state index in [0.717, 1.165) is 11.5 Å². The minimum atomic E-state index is -3.70. The van der Waals surface area contributed by atoms with Gasteiger partial charge in [-0.1, -0.05) is 36.4 Å². The quantitative estimate of drug-likeness (QED) is 0.428. The van der Waals surface area contributed by atoms with Crippen LogP contribution in [0, 0.1) is 0 Å². The Morgan fingerprint density at radius 2 is 1.40 bits per heavy atom. The van der Waals surface area contributed by atoms with Gasteiger partial charge in [-0.05, 0) is 24.3 Å². The molecular weight excluding hydrogens is 344 g/mol. The van der Waals surface area contributed by atoms with Crippen molar-refractivity contribution in [2.75, 3.05) is 13.2 Å². The molecule has 0 aliphatic carbocycles. The van der Waals surface area contributed by atoms with E-state index in [9.17, 15) is 18.0 Å². The highest BCUT2D eigenvalue weighted by molar-refractivity contribution is 7.94. The highest BCUT2D eigenvalue weighted by Crippen LogP contribution is 2.11. The molecule has 25 heavy (non-hydrogen) atoms. The van der Waals surface area contributed by atoms with Gasteiger partial charge in [0.1, 0.15) is 13.2 Å². The minimum absolute atomic E-state index is 0.0795.